The molecular formula is C23H17F3N6O2S. The smallest absolute Gasteiger partial charge is 0.337 e. The summed E-state index contributed by atoms with van der Waals surface area (Å²) in [5, 5.41) is 8.31. The predicted octanol–water partition coefficient (Wildman–Crippen LogP) is 4.71. The number of hydrogen-bond donors (Lipinski definition) is 0. The third kappa shape index (κ3) is 4.44. The molecule has 0 aliphatic carbocycles. The molecule has 0 saturated heterocycles. The molecule has 0 aliphatic rings. The fraction of sp³-hybridized carbons (Fsp3) is 0.174. The van der Waals surface area contributed by atoms with Gasteiger partial charge in [-0.2, -0.15) is 18.2 Å². The molecule has 2 aromatic carbocycles. The Balaban J connectivity index is 1.49. The number of aromatic nitrogens is 6. The number of alkyl halides is 3. The van der Waals surface area contributed by atoms with Gasteiger partial charge in [0.05, 0.1) is 5.56 Å². The molecular weight excluding hydrogens is 481 g/mol. The van der Waals surface area contributed by atoms with Crippen molar-refractivity contribution in [1.29, 1.82) is 0 Å². The fourth-order valence-electron chi connectivity index (χ4n) is 3.56. The zero-order valence-corrected chi connectivity index (χ0v) is 19.3. The molecule has 0 atom stereocenters. The first-order valence-electron chi connectivity index (χ1n) is 10.3. The van der Waals surface area contributed by atoms with Gasteiger partial charge in [-0.15, -0.1) is 16.9 Å². The number of rotatable bonds is 5. The van der Waals surface area contributed by atoms with Crippen molar-refractivity contribution in [1.82, 2.24) is 29.3 Å². The van der Waals surface area contributed by atoms with E-state index in [1.807, 2.05) is 30.5 Å². The third-order valence-electron chi connectivity index (χ3n) is 5.27. The van der Waals surface area contributed by atoms with Gasteiger partial charge in [0.2, 0.25) is 11.7 Å². The van der Waals surface area contributed by atoms with Crippen LogP contribution in [0, 0.1) is 6.92 Å². The Labute approximate surface area is 200 Å². The van der Waals surface area contributed by atoms with Crippen LogP contribution in [-0.4, -0.2) is 35.6 Å². The fourth-order valence-corrected chi connectivity index (χ4v) is 3.97. The number of benzene rings is 2. The zero-order valence-electron chi connectivity index (χ0n) is 18.4. The lowest BCUT2D eigenvalue weighted by Crippen LogP contribution is -2.23. The van der Waals surface area contributed by atoms with E-state index in [9.17, 15) is 18.0 Å². The van der Waals surface area contributed by atoms with Gasteiger partial charge in [0.1, 0.15) is 12.4 Å². The number of halogens is 3. The van der Waals surface area contributed by atoms with Gasteiger partial charge in [0.25, 0.3) is 0 Å². The zero-order chi connectivity index (χ0) is 24.7. The first-order valence-corrected chi connectivity index (χ1v) is 11.6. The summed E-state index contributed by atoms with van der Waals surface area (Å²) in [5.41, 5.74) is 0.643. The predicted molar refractivity (Wildman–Crippen MR) is 123 cm³/mol. The van der Waals surface area contributed by atoms with Crippen LogP contribution in [0.25, 0.3) is 28.4 Å². The van der Waals surface area contributed by atoms with Gasteiger partial charge in [-0.1, -0.05) is 17.3 Å². The van der Waals surface area contributed by atoms with E-state index in [-0.39, 0.29) is 18.3 Å². The second kappa shape index (κ2) is 8.69. The minimum Gasteiger partial charge on any atom is -0.337 e. The lowest BCUT2D eigenvalue weighted by molar-refractivity contribution is -0.137. The first-order chi connectivity index (χ1) is 16.7. The molecule has 35 heavy (non-hydrogen) atoms. The minimum absolute atomic E-state index is 0.0814. The van der Waals surface area contributed by atoms with Gasteiger partial charge >= 0.3 is 11.9 Å². The monoisotopic (exact) mass is 498 g/mol. The number of fused-ring (bicyclic) bond motifs is 1. The van der Waals surface area contributed by atoms with Crippen molar-refractivity contribution in [2.24, 2.45) is 0 Å². The molecule has 0 fully saturated rings. The van der Waals surface area contributed by atoms with Crippen LogP contribution in [-0.2, 0) is 12.7 Å². The molecule has 0 radical (unpaired) electrons. The van der Waals surface area contributed by atoms with Crippen LogP contribution in [0.3, 0.4) is 0 Å². The maximum absolute atomic E-state index is 13.2. The third-order valence-corrected chi connectivity index (χ3v) is 6.01. The van der Waals surface area contributed by atoms with Gasteiger partial charge in [-0.3, -0.25) is 0 Å². The molecule has 3 heterocycles. The van der Waals surface area contributed by atoms with E-state index in [0.29, 0.717) is 22.7 Å². The van der Waals surface area contributed by atoms with Crippen molar-refractivity contribution in [2.75, 3.05) is 6.26 Å². The van der Waals surface area contributed by atoms with E-state index in [4.69, 9.17) is 4.52 Å². The second-order valence-electron chi connectivity index (χ2n) is 7.67. The largest absolute Gasteiger partial charge is 0.416 e. The Morgan fingerprint density at radius 3 is 2.34 bits per heavy atom. The van der Waals surface area contributed by atoms with E-state index in [1.165, 1.54) is 16.5 Å². The molecule has 3 aromatic heterocycles. The van der Waals surface area contributed by atoms with Gasteiger partial charge in [-0.05, 0) is 49.6 Å². The van der Waals surface area contributed by atoms with Crippen LogP contribution in [0.1, 0.15) is 17.1 Å². The van der Waals surface area contributed by atoms with Crippen LogP contribution in [0.5, 0.6) is 0 Å². The molecule has 0 N–H and O–H groups in total. The first kappa shape index (κ1) is 22.8. The van der Waals surface area contributed by atoms with Gasteiger partial charge in [-0.25, -0.2) is 18.9 Å². The van der Waals surface area contributed by atoms with E-state index in [0.717, 1.165) is 27.3 Å². The molecule has 0 saturated carbocycles. The second-order valence-corrected chi connectivity index (χ2v) is 8.55. The SMILES string of the molecule is CSc1ccc(-c2noc(Cn3nc4cc(C)nc(-c5ccc(C(F)(F)F)cc5)n4c3=O)n2)cc1. The average Bonchev–Trinajstić information content (AvgIpc) is 3.43. The lowest BCUT2D eigenvalue weighted by atomic mass is 10.1. The highest BCUT2D eigenvalue weighted by Crippen LogP contribution is 2.30. The summed E-state index contributed by atoms with van der Waals surface area (Å²) >= 11 is 1.62. The Hall–Kier alpha value is -3.93. The van der Waals surface area contributed by atoms with E-state index in [1.54, 1.807) is 24.8 Å². The highest BCUT2D eigenvalue weighted by atomic mass is 32.2. The average molecular weight is 498 g/mol. The minimum atomic E-state index is -4.46. The summed E-state index contributed by atoms with van der Waals surface area (Å²) < 4.78 is 46.6. The molecule has 0 bridgehead atoms. The molecule has 178 valence electrons. The quantitative estimate of drug-likeness (QED) is 0.324. The number of nitrogens with zero attached hydrogens (tertiary/aromatic N) is 6. The van der Waals surface area contributed by atoms with Crippen LogP contribution < -0.4 is 5.69 Å². The summed E-state index contributed by atoms with van der Waals surface area (Å²) in [7, 11) is 0. The maximum Gasteiger partial charge on any atom is 0.416 e. The van der Waals surface area contributed by atoms with E-state index < -0.39 is 17.4 Å². The molecule has 0 amide bonds. The van der Waals surface area contributed by atoms with Crippen LogP contribution in [0.2, 0.25) is 0 Å². The summed E-state index contributed by atoms with van der Waals surface area (Å²) in [6.07, 6.45) is -2.48. The van der Waals surface area contributed by atoms with Gasteiger partial charge < -0.3 is 4.52 Å². The topological polar surface area (TPSA) is 91.1 Å². The Morgan fingerprint density at radius 2 is 1.69 bits per heavy atom. The normalized spacial score (nSPS) is 11.9. The summed E-state index contributed by atoms with van der Waals surface area (Å²) in [6.45, 7) is 1.63. The van der Waals surface area contributed by atoms with Crippen molar-refractivity contribution in [3.8, 4) is 22.8 Å². The van der Waals surface area contributed by atoms with E-state index >= 15 is 0 Å². The maximum atomic E-state index is 13.2. The van der Waals surface area contributed by atoms with Crippen molar-refractivity contribution in [3.05, 3.63) is 82.2 Å². The Morgan fingerprint density at radius 1 is 1.00 bits per heavy atom. The molecule has 0 unspecified atom stereocenters. The Kier molecular flexibility index (Phi) is 5.67. The van der Waals surface area contributed by atoms with E-state index in [2.05, 4.69) is 20.2 Å². The molecule has 0 spiro atoms. The summed E-state index contributed by atoms with van der Waals surface area (Å²) in [6, 6.07) is 13.7. The van der Waals surface area contributed by atoms with Gasteiger partial charge in [0.15, 0.2) is 5.65 Å². The van der Waals surface area contributed by atoms with Crippen LogP contribution in [0.15, 0.2) is 68.8 Å². The molecule has 8 nitrogen and oxygen atoms in total. The molecule has 5 aromatic rings. The molecule has 12 heteroatoms. The summed E-state index contributed by atoms with van der Waals surface area (Å²) in [5.74, 6) is 0.748. The summed E-state index contributed by atoms with van der Waals surface area (Å²) in [4.78, 5) is 23.0. The van der Waals surface area contributed by atoms with Crippen LogP contribution >= 0.6 is 11.8 Å². The molecule has 5 rings (SSSR count). The van der Waals surface area contributed by atoms with Crippen molar-refractivity contribution in [2.45, 2.75) is 24.5 Å². The number of aryl methyl sites for hydroxylation is 1. The highest BCUT2D eigenvalue weighted by Gasteiger charge is 2.30. The van der Waals surface area contributed by atoms with Crippen molar-refractivity contribution < 1.29 is 17.7 Å². The lowest BCUT2D eigenvalue weighted by Gasteiger charge is -2.08. The van der Waals surface area contributed by atoms with Gasteiger partial charge in [0, 0.05) is 27.8 Å². The van der Waals surface area contributed by atoms with Crippen molar-refractivity contribution in [3.63, 3.8) is 0 Å². The number of thioether (sulfide) groups is 1. The molecule has 0 aliphatic heterocycles. The van der Waals surface area contributed by atoms with Crippen molar-refractivity contribution >= 4 is 17.4 Å². The van der Waals surface area contributed by atoms with Crippen LogP contribution in [0.4, 0.5) is 13.2 Å². The highest BCUT2D eigenvalue weighted by molar-refractivity contribution is 7.98. The standard InChI is InChI=1S/C23H17F3N6O2S/c1-13-11-18-29-31(12-19-28-20(30-34-19)14-5-9-17(35-2)10-6-14)22(33)32(18)21(27-13)15-3-7-16(8-4-15)23(24,25)26/h3-11H,12H2,1-2H3. The Bertz CT molecular complexity index is 1570. The number of hydrogen-bond acceptors (Lipinski definition) is 7.